The van der Waals surface area contributed by atoms with Gasteiger partial charge < -0.3 is 4.90 Å². The normalized spacial score (nSPS) is 14.8. The Bertz CT molecular complexity index is 443. The van der Waals surface area contributed by atoms with Crippen LogP contribution in [0, 0.1) is 5.92 Å². The van der Waals surface area contributed by atoms with Gasteiger partial charge in [0.05, 0.1) is 10.0 Å². The highest BCUT2D eigenvalue weighted by atomic mass is 35.5. The molecule has 0 radical (unpaired) electrons. The van der Waals surface area contributed by atoms with Crippen LogP contribution in [0.4, 0.5) is 0 Å². The number of carbonyl (C=O) groups excluding carboxylic acids is 1. The third kappa shape index (κ3) is 2.04. The van der Waals surface area contributed by atoms with Gasteiger partial charge in [-0.05, 0) is 23.6 Å². The fraction of sp³-hybridized carbons (Fsp3) is 0.417. The zero-order valence-electron chi connectivity index (χ0n) is 9.26. The fourth-order valence-electron chi connectivity index (χ4n) is 1.95. The lowest BCUT2D eigenvalue weighted by Crippen LogP contribution is -2.27. The number of carbonyl (C=O) groups is 1. The molecule has 1 heterocycles. The summed E-state index contributed by atoms with van der Waals surface area (Å²) in [5.74, 6) is 0.520. The molecule has 86 valence electrons. The van der Waals surface area contributed by atoms with E-state index in [0.717, 1.165) is 12.1 Å². The van der Waals surface area contributed by atoms with Crippen LogP contribution in [0.1, 0.15) is 29.8 Å². The summed E-state index contributed by atoms with van der Waals surface area (Å²) in [5.41, 5.74) is 1.66. The minimum absolute atomic E-state index is 0.0577. The molecule has 1 aromatic carbocycles. The lowest BCUT2D eigenvalue weighted by Gasteiger charge is -2.17. The largest absolute Gasteiger partial charge is 0.334 e. The fourth-order valence-corrected chi connectivity index (χ4v) is 2.30. The smallest absolute Gasteiger partial charge is 0.254 e. The van der Waals surface area contributed by atoms with Gasteiger partial charge in [-0.25, -0.2) is 0 Å². The lowest BCUT2D eigenvalue weighted by atomic mass is 10.1. The van der Waals surface area contributed by atoms with E-state index >= 15 is 0 Å². The molecule has 1 aliphatic heterocycles. The molecule has 0 N–H and O–H groups in total. The number of fused-ring (bicyclic) bond motifs is 1. The van der Waals surface area contributed by atoms with E-state index in [1.807, 2.05) is 4.90 Å². The van der Waals surface area contributed by atoms with Gasteiger partial charge in [0, 0.05) is 18.7 Å². The van der Waals surface area contributed by atoms with Crippen molar-refractivity contribution in [3.63, 3.8) is 0 Å². The van der Waals surface area contributed by atoms with Crippen molar-refractivity contribution in [3.05, 3.63) is 33.3 Å². The minimum atomic E-state index is 0.0577. The van der Waals surface area contributed by atoms with Crippen LogP contribution in [-0.4, -0.2) is 17.4 Å². The molecule has 0 unspecified atom stereocenters. The van der Waals surface area contributed by atoms with Crippen molar-refractivity contribution >= 4 is 29.1 Å². The third-order valence-electron chi connectivity index (χ3n) is 2.61. The molecular formula is C12H13Cl2NO. The third-order valence-corrected chi connectivity index (χ3v) is 3.33. The Morgan fingerprint density at radius 1 is 1.31 bits per heavy atom. The van der Waals surface area contributed by atoms with Gasteiger partial charge in [0.25, 0.3) is 5.91 Å². The second-order valence-corrected chi connectivity index (χ2v) is 5.32. The van der Waals surface area contributed by atoms with Gasteiger partial charge in [-0.3, -0.25) is 4.79 Å². The van der Waals surface area contributed by atoms with Crippen LogP contribution in [-0.2, 0) is 6.54 Å². The highest BCUT2D eigenvalue weighted by Gasteiger charge is 2.28. The molecule has 0 spiro atoms. The molecule has 2 rings (SSSR count). The highest BCUT2D eigenvalue weighted by molar-refractivity contribution is 6.42. The summed E-state index contributed by atoms with van der Waals surface area (Å²) in [4.78, 5) is 13.9. The molecular weight excluding hydrogens is 245 g/mol. The zero-order chi connectivity index (χ0) is 11.9. The number of amides is 1. The van der Waals surface area contributed by atoms with Crippen molar-refractivity contribution in [1.82, 2.24) is 4.90 Å². The van der Waals surface area contributed by atoms with E-state index in [2.05, 4.69) is 13.8 Å². The molecule has 0 atom stereocenters. The van der Waals surface area contributed by atoms with Crippen LogP contribution < -0.4 is 0 Å². The Kier molecular flexibility index (Phi) is 3.13. The van der Waals surface area contributed by atoms with E-state index in [4.69, 9.17) is 23.2 Å². The topological polar surface area (TPSA) is 20.3 Å². The molecule has 0 aliphatic carbocycles. The Hall–Kier alpha value is -0.730. The molecule has 16 heavy (non-hydrogen) atoms. The van der Waals surface area contributed by atoms with Gasteiger partial charge >= 0.3 is 0 Å². The van der Waals surface area contributed by atoms with Crippen LogP contribution in [0.3, 0.4) is 0 Å². The highest BCUT2D eigenvalue weighted by Crippen LogP contribution is 2.31. The average Bonchev–Trinajstić information content (AvgIpc) is 2.45. The summed E-state index contributed by atoms with van der Waals surface area (Å²) in [6.07, 6.45) is 0. The molecule has 1 aliphatic rings. The summed E-state index contributed by atoms with van der Waals surface area (Å²) in [7, 11) is 0. The van der Waals surface area contributed by atoms with Gasteiger partial charge in [-0.2, -0.15) is 0 Å². The van der Waals surface area contributed by atoms with Crippen LogP contribution in [0.25, 0.3) is 0 Å². The average molecular weight is 258 g/mol. The number of hydrogen-bond donors (Lipinski definition) is 0. The second-order valence-electron chi connectivity index (χ2n) is 4.50. The van der Waals surface area contributed by atoms with Gasteiger partial charge in [0.2, 0.25) is 0 Å². The Labute approximate surface area is 105 Å². The van der Waals surface area contributed by atoms with Gasteiger partial charge in [-0.1, -0.05) is 37.0 Å². The van der Waals surface area contributed by atoms with Crippen molar-refractivity contribution < 1.29 is 4.79 Å². The first kappa shape index (κ1) is 11.7. The van der Waals surface area contributed by atoms with E-state index in [-0.39, 0.29) is 5.91 Å². The maximum absolute atomic E-state index is 12.0. The first-order chi connectivity index (χ1) is 7.49. The molecule has 0 saturated carbocycles. The van der Waals surface area contributed by atoms with Crippen molar-refractivity contribution in [1.29, 1.82) is 0 Å². The van der Waals surface area contributed by atoms with Crippen molar-refractivity contribution in [2.75, 3.05) is 6.54 Å². The summed E-state index contributed by atoms with van der Waals surface area (Å²) < 4.78 is 0. The number of rotatable bonds is 2. The minimum Gasteiger partial charge on any atom is -0.334 e. The molecule has 4 heteroatoms. The summed E-state index contributed by atoms with van der Waals surface area (Å²) in [5, 5.41) is 0.958. The van der Waals surface area contributed by atoms with E-state index in [0.29, 0.717) is 28.1 Å². The summed E-state index contributed by atoms with van der Waals surface area (Å²) >= 11 is 11.8. The molecule has 0 aromatic heterocycles. The van der Waals surface area contributed by atoms with E-state index in [1.54, 1.807) is 12.1 Å². The molecule has 1 amide bonds. The van der Waals surface area contributed by atoms with Crippen molar-refractivity contribution in [3.8, 4) is 0 Å². The first-order valence-electron chi connectivity index (χ1n) is 5.26. The predicted molar refractivity (Wildman–Crippen MR) is 66.0 cm³/mol. The van der Waals surface area contributed by atoms with Crippen molar-refractivity contribution in [2.24, 2.45) is 5.92 Å². The SMILES string of the molecule is CC(C)CN1Cc2cc(Cl)c(Cl)cc2C1=O. The Morgan fingerprint density at radius 3 is 2.56 bits per heavy atom. The van der Waals surface area contributed by atoms with E-state index < -0.39 is 0 Å². The molecule has 0 bridgehead atoms. The lowest BCUT2D eigenvalue weighted by molar-refractivity contribution is 0.0760. The van der Waals surface area contributed by atoms with Crippen LogP contribution >= 0.6 is 23.2 Å². The molecule has 0 saturated heterocycles. The predicted octanol–water partition coefficient (Wildman–Crippen LogP) is 3.61. The summed E-state index contributed by atoms with van der Waals surface area (Å²) in [6.45, 7) is 5.60. The maximum Gasteiger partial charge on any atom is 0.254 e. The first-order valence-corrected chi connectivity index (χ1v) is 6.02. The van der Waals surface area contributed by atoms with Crippen LogP contribution in [0.5, 0.6) is 0 Å². The number of halogens is 2. The number of nitrogens with zero attached hydrogens (tertiary/aromatic N) is 1. The quantitative estimate of drug-likeness (QED) is 0.793. The van der Waals surface area contributed by atoms with E-state index in [9.17, 15) is 4.79 Å². The second kappa shape index (κ2) is 4.27. The molecule has 1 aromatic rings. The Morgan fingerprint density at radius 2 is 1.94 bits per heavy atom. The zero-order valence-corrected chi connectivity index (χ0v) is 10.8. The standard InChI is InChI=1S/C12H13Cl2NO/c1-7(2)5-15-6-8-3-10(13)11(14)4-9(8)12(15)16/h3-4,7H,5-6H2,1-2H3. The van der Waals surface area contributed by atoms with Crippen LogP contribution in [0.15, 0.2) is 12.1 Å². The van der Waals surface area contributed by atoms with Gasteiger partial charge in [0.15, 0.2) is 0 Å². The maximum atomic E-state index is 12.0. The van der Waals surface area contributed by atoms with Gasteiger partial charge in [0.1, 0.15) is 0 Å². The van der Waals surface area contributed by atoms with E-state index in [1.165, 1.54) is 0 Å². The van der Waals surface area contributed by atoms with Gasteiger partial charge in [-0.15, -0.1) is 0 Å². The van der Waals surface area contributed by atoms with Crippen molar-refractivity contribution in [2.45, 2.75) is 20.4 Å². The number of hydrogen-bond acceptors (Lipinski definition) is 1. The number of benzene rings is 1. The summed E-state index contributed by atoms with van der Waals surface area (Å²) in [6, 6.07) is 3.46. The molecule has 0 fully saturated rings. The molecule has 2 nitrogen and oxygen atoms in total. The monoisotopic (exact) mass is 257 g/mol. The van der Waals surface area contributed by atoms with Crippen LogP contribution in [0.2, 0.25) is 10.0 Å². The Balaban J connectivity index is 2.31.